The lowest BCUT2D eigenvalue weighted by molar-refractivity contribution is 0.0739. The van der Waals surface area contributed by atoms with E-state index >= 15 is 0 Å². The highest BCUT2D eigenvalue weighted by atomic mass is 16.5. The minimum Gasteiger partial charge on any atom is -0.351 e. The van der Waals surface area contributed by atoms with Crippen molar-refractivity contribution >= 4 is 5.91 Å². The molecule has 0 radical (unpaired) electrons. The van der Waals surface area contributed by atoms with E-state index in [-0.39, 0.29) is 18.0 Å². The zero-order valence-corrected chi connectivity index (χ0v) is 13.3. The Morgan fingerprint density at radius 1 is 1.35 bits per heavy atom. The van der Waals surface area contributed by atoms with Crippen LogP contribution in [-0.2, 0) is 0 Å². The molecule has 8 heteroatoms. The number of hydrogen-bond acceptors (Lipinski definition) is 6. The largest absolute Gasteiger partial charge is 0.351 e. The smallest absolute Gasteiger partial charge is 0.292 e. The third-order valence-corrected chi connectivity index (χ3v) is 4.73. The van der Waals surface area contributed by atoms with Gasteiger partial charge in [0.1, 0.15) is 0 Å². The van der Waals surface area contributed by atoms with E-state index in [0.717, 1.165) is 18.5 Å². The maximum atomic E-state index is 12.7. The summed E-state index contributed by atoms with van der Waals surface area (Å²) in [6, 6.07) is 2.07. The zero-order chi connectivity index (χ0) is 16.0. The average molecular weight is 316 g/mol. The topological polar surface area (TPSA) is 80.3 Å². The van der Waals surface area contributed by atoms with Gasteiger partial charge in [-0.15, -0.1) is 5.10 Å². The predicted molar refractivity (Wildman–Crippen MR) is 80.9 cm³/mol. The molecule has 2 atom stereocenters. The fourth-order valence-electron chi connectivity index (χ4n) is 3.21. The third kappa shape index (κ3) is 2.63. The van der Waals surface area contributed by atoms with Crippen molar-refractivity contribution in [1.29, 1.82) is 0 Å². The monoisotopic (exact) mass is 316 g/mol. The minimum atomic E-state index is -0.0983. The number of likely N-dealkylation sites (tertiary alicyclic amines) is 1. The van der Waals surface area contributed by atoms with E-state index in [1.54, 1.807) is 12.3 Å². The van der Waals surface area contributed by atoms with Gasteiger partial charge in [0.05, 0.1) is 24.0 Å². The number of likely N-dealkylation sites (N-methyl/N-ethyl adjacent to an activating group) is 1. The standard InChI is InChI=1S/C15H20N6O2/c1-19(2)12-8-20(9-13(12)21-6-5-16-18-21)15(22)14-7-11(17-23-14)10-3-4-10/h5-7,10,12-13H,3-4,8-9H2,1-2H3/t12-,13+/m1/s1. The fourth-order valence-corrected chi connectivity index (χ4v) is 3.21. The van der Waals surface area contributed by atoms with Crippen LogP contribution in [0.5, 0.6) is 0 Å². The predicted octanol–water partition coefficient (Wildman–Crippen LogP) is 0.771. The molecular weight excluding hydrogens is 296 g/mol. The molecule has 0 N–H and O–H groups in total. The van der Waals surface area contributed by atoms with Gasteiger partial charge in [-0.2, -0.15) is 0 Å². The number of rotatable bonds is 4. The number of aromatic nitrogens is 4. The van der Waals surface area contributed by atoms with E-state index in [0.29, 0.717) is 24.8 Å². The van der Waals surface area contributed by atoms with Crippen molar-refractivity contribution in [2.75, 3.05) is 27.2 Å². The number of amides is 1. The van der Waals surface area contributed by atoms with Gasteiger partial charge in [-0.1, -0.05) is 10.4 Å². The molecule has 2 fully saturated rings. The number of carbonyl (C=O) groups excluding carboxylic acids is 1. The molecule has 1 aliphatic heterocycles. The first kappa shape index (κ1) is 14.4. The van der Waals surface area contributed by atoms with Crippen molar-refractivity contribution in [2.45, 2.75) is 30.8 Å². The van der Waals surface area contributed by atoms with Gasteiger partial charge >= 0.3 is 0 Å². The van der Waals surface area contributed by atoms with Crippen LogP contribution >= 0.6 is 0 Å². The van der Waals surface area contributed by atoms with Crippen LogP contribution < -0.4 is 0 Å². The Morgan fingerprint density at radius 3 is 2.83 bits per heavy atom. The molecule has 1 aliphatic carbocycles. The lowest BCUT2D eigenvalue weighted by atomic mass is 10.1. The second-order valence-electron chi connectivity index (χ2n) is 6.58. The molecule has 1 saturated carbocycles. The van der Waals surface area contributed by atoms with Crippen LogP contribution in [0, 0.1) is 0 Å². The summed E-state index contributed by atoms with van der Waals surface area (Å²) in [6.07, 6.45) is 5.78. The van der Waals surface area contributed by atoms with E-state index in [1.165, 1.54) is 0 Å². The Morgan fingerprint density at radius 2 is 2.17 bits per heavy atom. The van der Waals surface area contributed by atoms with Crippen LogP contribution in [0.15, 0.2) is 23.0 Å². The zero-order valence-electron chi connectivity index (χ0n) is 13.3. The van der Waals surface area contributed by atoms with Crippen molar-refractivity contribution in [3.05, 3.63) is 29.9 Å². The molecule has 2 aliphatic rings. The van der Waals surface area contributed by atoms with E-state index in [1.807, 2.05) is 29.9 Å². The second kappa shape index (κ2) is 5.45. The highest BCUT2D eigenvalue weighted by Gasteiger charge is 2.39. The lowest BCUT2D eigenvalue weighted by Gasteiger charge is -2.24. The van der Waals surface area contributed by atoms with Crippen molar-refractivity contribution in [2.24, 2.45) is 0 Å². The molecule has 0 bridgehead atoms. The Labute approximate surface area is 134 Å². The summed E-state index contributed by atoms with van der Waals surface area (Å²) in [4.78, 5) is 16.6. The molecule has 122 valence electrons. The molecule has 1 amide bonds. The Bertz CT molecular complexity index is 691. The molecule has 1 saturated heterocycles. The quantitative estimate of drug-likeness (QED) is 0.829. The third-order valence-electron chi connectivity index (χ3n) is 4.73. The summed E-state index contributed by atoms with van der Waals surface area (Å²) < 4.78 is 7.10. The lowest BCUT2D eigenvalue weighted by Crippen LogP contribution is -2.37. The maximum Gasteiger partial charge on any atom is 0.292 e. The molecule has 3 heterocycles. The van der Waals surface area contributed by atoms with Crippen molar-refractivity contribution in [3.8, 4) is 0 Å². The highest BCUT2D eigenvalue weighted by molar-refractivity contribution is 5.91. The van der Waals surface area contributed by atoms with Crippen LogP contribution in [0.4, 0.5) is 0 Å². The van der Waals surface area contributed by atoms with Crippen LogP contribution in [0.2, 0.25) is 0 Å². The average Bonchev–Trinajstić information content (AvgIpc) is 3.03. The van der Waals surface area contributed by atoms with Gasteiger partial charge < -0.3 is 14.3 Å². The van der Waals surface area contributed by atoms with Gasteiger partial charge in [0.15, 0.2) is 0 Å². The summed E-state index contributed by atoms with van der Waals surface area (Å²) >= 11 is 0. The van der Waals surface area contributed by atoms with Crippen LogP contribution in [-0.4, -0.2) is 69.1 Å². The van der Waals surface area contributed by atoms with Gasteiger partial charge in [0, 0.05) is 31.3 Å². The van der Waals surface area contributed by atoms with Crippen LogP contribution in [0.1, 0.15) is 41.1 Å². The van der Waals surface area contributed by atoms with Crippen molar-refractivity contribution < 1.29 is 9.32 Å². The molecule has 23 heavy (non-hydrogen) atoms. The summed E-state index contributed by atoms with van der Waals surface area (Å²) in [6.45, 7) is 1.22. The summed E-state index contributed by atoms with van der Waals surface area (Å²) in [5.41, 5.74) is 0.907. The number of nitrogens with zero attached hydrogens (tertiary/aromatic N) is 6. The summed E-state index contributed by atoms with van der Waals surface area (Å²) in [5.74, 6) is 0.721. The van der Waals surface area contributed by atoms with Crippen LogP contribution in [0.25, 0.3) is 0 Å². The number of carbonyl (C=O) groups is 1. The van der Waals surface area contributed by atoms with E-state index in [9.17, 15) is 4.79 Å². The van der Waals surface area contributed by atoms with Gasteiger partial charge in [0.2, 0.25) is 5.76 Å². The molecule has 0 aromatic carbocycles. The molecule has 2 aromatic heterocycles. The van der Waals surface area contributed by atoms with E-state index < -0.39 is 0 Å². The van der Waals surface area contributed by atoms with E-state index in [2.05, 4.69) is 20.4 Å². The van der Waals surface area contributed by atoms with Crippen molar-refractivity contribution in [1.82, 2.24) is 30.0 Å². The van der Waals surface area contributed by atoms with Gasteiger partial charge in [-0.3, -0.25) is 4.79 Å². The highest BCUT2D eigenvalue weighted by Crippen LogP contribution is 2.39. The van der Waals surface area contributed by atoms with Gasteiger partial charge in [-0.05, 0) is 26.9 Å². The Kier molecular flexibility index (Phi) is 3.41. The van der Waals surface area contributed by atoms with Gasteiger partial charge in [0.25, 0.3) is 5.91 Å². The fraction of sp³-hybridized carbons (Fsp3) is 0.600. The first-order chi connectivity index (χ1) is 11.1. The summed E-state index contributed by atoms with van der Waals surface area (Å²) in [7, 11) is 4.03. The Hall–Kier alpha value is -2.22. The SMILES string of the molecule is CN(C)[C@@H]1CN(C(=O)c2cc(C3CC3)no2)C[C@@H]1n1ccnn1. The normalized spacial score (nSPS) is 24.6. The molecule has 0 spiro atoms. The number of hydrogen-bond donors (Lipinski definition) is 0. The van der Waals surface area contributed by atoms with Crippen LogP contribution in [0.3, 0.4) is 0 Å². The van der Waals surface area contributed by atoms with Gasteiger partial charge in [-0.25, -0.2) is 4.68 Å². The van der Waals surface area contributed by atoms with Crippen molar-refractivity contribution in [3.63, 3.8) is 0 Å². The van der Waals surface area contributed by atoms with E-state index in [4.69, 9.17) is 4.52 Å². The first-order valence-electron chi connectivity index (χ1n) is 7.91. The minimum absolute atomic E-state index is 0.0854. The first-order valence-corrected chi connectivity index (χ1v) is 7.91. The second-order valence-corrected chi connectivity index (χ2v) is 6.58. The maximum absolute atomic E-state index is 12.7. The molecule has 8 nitrogen and oxygen atoms in total. The molecule has 4 rings (SSSR count). The molecule has 2 aromatic rings. The summed E-state index contributed by atoms with van der Waals surface area (Å²) in [5, 5.41) is 12.0. The molecular formula is C15H20N6O2. The Balaban J connectivity index is 1.53. The molecule has 0 unspecified atom stereocenters.